The van der Waals surface area contributed by atoms with Gasteiger partial charge in [0.15, 0.2) is 6.10 Å². The lowest BCUT2D eigenvalue weighted by molar-refractivity contribution is -0.165. The summed E-state index contributed by atoms with van der Waals surface area (Å²) in [4.78, 5) is 31.7. The lowest BCUT2D eigenvalue weighted by atomic mass is 9.96. The molecular formula is C22H25N3O4. The molecule has 1 N–H and O–H groups in total. The van der Waals surface area contributed by atoms with Gasteiger partial charge in [0.05, 0.1) is 13.2 Å². The Balaban J connectivity index is 1.56. The summed E-state index contributed by atoms with van der Waals surface area (Å²) in [5, 5.41) is 2.96. The highest BCUT2D eigenvalue weighted by Gasteiger charge is 2.47. The van der Waals surface area contributed by atoms with Gasteiger partial charge in [-0.3, -0.25) is 14.6 Å². The minimum atomic E-state index is -0.760. The standard InChI is InChI=1S/C22H25N3O4/c1-14-11-15(9-10-23-14)12-24-22(27)21-20(16-3-7-18(28-2)8-4-16)25(17-5-6-17)19(26)13-29-21/h3-4,7-11,17,20-21H,5-6,12-13H2,1-2H3,(H,24,27)/t20-,21+/m1/s1. The number of aryl methyl sites for hydroxylation is 1. The Bertz CT molecular complexity index is 895. The van der Waals surface area contributed by atoms with Crippen molar-refractivity contribution in [3.05, 3.63) is 59.4 Å². The molecule has 4 rings (SSSR count). The molecule has 1 aromatic heterocycles. The molecule has 2 heterocycles. The van der Waals surface area contributed by atoms with Gasteiger partial charge in [-0.2, -0.15) is 0 Å². The number of nitrogens with zero attached hydrogens (tertiary/aromatic N) is 2. The molecule has 29 heavy (non-hydrogen) atoms. The van der Waals surface area contributed by atoms with Gasteiger partial charge in [0, 0.05) is 24.5 Å². The van der Waals surface area contributed by atoms with Crippen molar-refractivity contribution >= 4 is 11.8 Å². The third kappa shape index (κ3) is 4.24. The highest BCUT2D eigenvalue weighted by Crippen LogP contribution is 2.39. The molecule has 152 valence electrons. The van der Waals surface area contributed by atoms with E-state index < -0.39 is 12.1 Å². The van der Waals surface area contributed by atoms with Crippen molar-refractivity contribution in [2.24, 2.45) is 0 Å². The lowest BCUT2D eigenvalue weighted by Gasteiger charge is -2.40. The van der Waals surface area contributed by atoms with E-state index in [0.29, 0.717) is 6.54 Å². The van der Waals surface area contributed by atoms with Crippen LogP contribution in [0.4, 0.5) is 0 Å². The number of rotatable bonds is 6. The minimum absolute atomic E-state index is 0.0675. The zero-order valence-electron chi connectivity index (χ0n) is 16.6. The van der Waals surface area contributed by atoms with Crippen molar-refractivity contribution < 1.29 is 19.1 Å². The van der Waals surface area contributed by atoms with Crippen LogP contribution < -0.4 is 10.1 Å². The van der Waals surface area contributed by atoms with Crippen LogP contribution in [0.2, 0.25) is 0 Å². The van der Waals surface area contributed by atoms with Gasteiger partial charge in [-0.05, 0) is 55.2 Å². The van der Waals surface area contributed by atoms with E-state index in [1.54, 1.807) is 13.3 Å². The van der Waals surface area contributed by atoms with Crippen molar-refractivity contribution in [3.8, 4) is 5.75 Å². The number of aromatic nitrogens is 1. The number of morpholine rings is 1. The van der Waals surface area contributed by atoms with Gasteiger partial charge in [0.25, 0.3) is 5.91 Å². The summed E-state index contributed by atoms with van der Waals surface area (Å²) in [5.41, 5.74) is 2.73. The summed E-state index contributed by atoms with van der Waals surface area (Å²) in [5.74, 6) is 0.435. The molecule has 1 aliphatic heterocycles. The molecule has 1 saturated heterocycles. The lowest BCUT2D eigenvalue weighted by Crippen LogP contribution is -2.55. The normalized spacial score (nSPS) is 21.7. The SMILES string of the molecule is COc1ccc([C@@H]2[C@@H](C(=O)NCc3ccnc(C)c3)OCC(=O)N2C2CC2)cc1. The first-order chi connectivity index (χ1) is 14.1. The molecule has 2 aromatic rings. The highest BCUT2D eigenvalue weighted by molar-refractivity contribution is 5.86. The number of amides is 2. The van der Waals surface area contributed by atoms with Gasteiger partial charge in [0.1, 0.15) is 12.4 Å². The number of carbonyl (C=O) groups is 2. The van der Waals surface area contributed by atoms with E-state index in [1.807, 2.05) is 48.2 Å². The summed E-state index contributed by atoms with van der Waals surface area (Å²) in [6.45, 7) is 2.22. The van der Waals surface area contributed by atoms with Crippen molar-refractivity contribution in [2.45, 2.75) is 44.5 Å². The van der Waals surface area contributed by atoms with E-state index in [9.17, 15) is 9.59 Å². The number of benzene rings is 1. The van der Waals surface area contributed by atoms with Crippen LogP contribution in [-0.2, 0) is 20.9 Å². The minimum Gasteiger partial charge on any atom is -0.497 e. The number of hydrogen-bond donors (Lipinski definition) is 1. The van der Waals surface area contributed by atoms with Crippen LogP contribution in [0, 0.1) is 6.92 Å². The third-order valence-electron chi connectivity index (χ3n) is 5.34. The zero-order chi connectivity index (χ0) is 20.4. The molecule has 2 aliphatic rings. The molecule has 2 fully saturated rings. The van der Waals surface area contributed by atoms with Crippen molar-refractivity contribution in [1.29, 1.82) is 0 Å². The Morgan fingerprint density at radius 2 is 2.03 bits per heavy atom. The Morgan fingerprint density at radius 3 is 2.69 bits per heavy atom. The Hall–Kier alpha value is -2.93. The maximum absolute atomic E-state index is 13.0. The fourth-order valence-corrected chi connectivity index (χ4v) is 3.77. The van der Waals surface area contributed by atoms with Gasteiger partial charge in [0.2, 0.25) is 5.91 Å². The van der Waals surface area contributed by atoms with Crippen LogP contribution in [0.25, 0.3) is 0 Å². The first kappa shape index (κ1) is 19.4. The molecule has 0 radical (unpaired) electrons. The van der Waals surface area contributed by atoms with Crippen molar-refractivity contribution in [2.75, 3.05) is 13.7 Å². The number of nitrogens with one attached hydrogen (secondary N) is 1. The van der Waals surface area contributed by atoms with E-state index in [1.165, 1.54) is 0 Å². The van der Waals surface area contributed by atoms with E-state index in [-0.39, 0.29) is 24.5 Å². The van der Waals surface area contributed by atoms with Crippen LogP contribution in [0.15, 0.2) is 42.6 Å². The average Bonchev–Trinajstić information content (AvgIpc) is 3.57. The van der Waals surface area contributed by atoms with Gasteiger partial charge < -0.3 is 19.7 Å². The second kappa shape index (κ2) is 8.21. The third-order valence-corrected chi connectivity index (χ3v) is 5.34. The monoisotopic (exact) mass is 395 g/mol. The second-order valence-electron chi connectivity index (χ2n) is 7.51. The summed E-state index contributed by atoms with van der Waals surface area (Å²) >= 11 is 0. The van der Waals surface area contributed by atoms with Crippen molar-refractivity contribution in [3.63, 3.8) is 0 Å². The quantitative estimate of drug-likeness (QED) is 0.811. The molecule has 2 amide bonds. The molecule has 0 unspecified atom stereocenters. The fraction of sp³-hybridized carbons (Fsp3) is 0.409. The van der Waals surface area contributed by atoms with E-state index in [0.717, 1.165) is 35.4 Å². The molecule has 7 heteroatoms. The molecule has 0 bridgehead atoms. The summed E-state index contributed by atoms with van der Waals surface area (Å²) < 4.78 is 11.0. The summed E-state index contributed by atoms with van der Waals surface area (Å²) in [6, 6.07) is 11.0. The fourth-order valence-electron chi connectivity index (χ4n) is 3.77. The first-order valence-electron chi connectivity index (χ1n) is 9.83. The van der Waals surface area contributed by atoms with Crippen LogP contribution in [-0.4, -0.2) is 47.6 Å². The number of ether oxygens (including phenoxy) is 2. The molecule has 0 spiro atoms. The predicted octanol–water partition coefficient (Wildman–Crippen LogP) is 2.15. The molecular weight excluding hydrogens is 370 g/mol. The number of hydrogen-bond acceptors (Lipinski definition) is 5. The molecule has 7 nitrogen and oxygen atoms in total. The van der Waals surface area contributed by atoms with E-state index >= 15 is 0 Å². The molecule has 1 aromatic carbocycles. The maximum Gasteiger partial charge on any atom is 0.251 e. The number of pyridine rings is 1. The largest absolute Gasteiger partial charge is 0.497 e. The zero-order valence-corrected chi connectivity index (χ0v) is 16.6. The highest BCUT2D eigenvalue weighted by atomic mass is 16.5. The Kier molecular flexibility index (Phi) is 5.49. The topological polar surface area (TPSA) is 80.8 Å². The first-order valence-corrected chi connectivity index (χ1v) is 9.83. The predicted molar refractivity (Wildman–Crippen MR) is 106 cm³/mol. The van der Waals surface area contributed by atoms with E-state index in [4.69, 9.17) is 9.47 Å². The molecule has 1 aliphatic carbocycles. The van der Waals surface area contributed by atoms with Gasteiger partial charge >= 0.3 is 0 Å². The van der Waals surface area contributed by atoms with E-state index in [2.05, 4.69) is 10.3 Å². The van der Waals surface area contributed by atoms with Crippen LogP contribution >= 0.6 is 0 Å². The average molecular weight is 395 g/mol. The van der Waals surface area contributed by atoms with Crippen LogP contribution in [0.1, 0.15) is 35.7 Å². The number of methoxy groups -OCH3 is 1. The van der Waals surface area contributed by atoms with Gasteiger partial charge in [-0.25, -0.2) is 0 Å². The molecule has 2 atom stereocenters. The van der Waals surface area contributed by atoms with Gasteiger partial charge in [-0.1, -0.05) is 12.1 Å². The van der Waals surface area contributed by atoms with Gasteiger partial charge in [-0.15, -0.1) is 0 Å². The smallest absolute Gasteiger partial charge is 0.251 e. The van der Waals surface area contributed by atoms with Crippen LogP contribution in [0.3, 0.4) is 0 Å². The van der Waals surface area contributed by atoms with Crippen molar-refractivity contribution in [1.82, 2.24) is 15.2 Å². The Labute approximate surface area is 170 Å². The summed E-state index contributed by atoms with van der Waals surface area (Å²) in [6.07, 6.45) is 2.89. The second-order valence-corrected chi connectivity index (χ2v) is 7.51. The molecule has 1 saturated carbocycles. The Morgan fingerprint density at radius 1 is 1.28 bits per heavy atom. The van der Waals surface area contributed by atoms with Crippen LogP contribution in [0.5, 0.6) is 5.75 Å². The maximum atomic E-state index is 13.0. The number of carbonyl (C=O) groups excluding carboxylic acids is 2. The summed E-state index contributed by atoms with van der Waals surface area (Å²) in [7, 11) is 1.61.